The number of nitrogens with two attached hydrogens (primary N) is 1. The van der Waals surface area contributed by atoms with Crippen molar-refractivity contribution in [1.82, 2.24) is 40.3 Å². The highest BCUT2D eigenvalue weighted by Gasteiger charge is 2.21. The topological polar surface area (TPSA) is 334 Å². The molecule has 0 aliphatic rings. The van der Waals surface area contributed by atoms with Gasteiger partial charge in [0.1, 0.15) is 23.6 Å². The highest BCUT2D eigenvalue weighted by molar-refractivity contribution is 6.28. The summed E-state index contributed by atoms with van der Waals surface area (Å²) in [6.45, 7) is 18.1. The zero-order valence-electron chi connectivity index (χ0n) is 37.1. The molecular formula is C40H49ClN16O8. The fourth-order valence-electron chi connectivity index (χ4n) is 4.96. The number of nitrogen functional groups attached to an aromatic ring is 1. The molecule has 0 saturated carbocycles. The summed E-state index contributed by atoms with van der Waals surface area (Å²) in [5, 5.41) is 49.2. The van der Waals surface area contributed by atoms with E-state index in [-0.39, 0.29) is 34.2 Å². The number of anilines is 9. The van der Waals surface area contributed by atoms with Crippen LogP contribution in [0.5, 0.6) is 0 Å². The Kier molecular flexibility index (Phi) is 16.2. The molecule has 6 rings (SSSR count). The van der Waals surface area contributed by atoms with E-state index in [2.05, 4.69) is 66.9 Å². The zero-order valence-corrected chi connectivity index (χ0v) is 37.8. The molecule has 25 heteroatoms. The second-order valence-corrected chi connectivity index (χ2v) is 16.3. The molecule has 0 unspecified atom stereocenters. The number of hydrogen-bond acceptors (Lipinski definition) is 18. The Morgan fingerprint density at radius 2 is 1.14 bits per heavy atom. The molecule has 4 aromatic heterocycles. The Bertz CT molecular complexity index is 2660. The maximum atomic E-state index is 12.0. The number of aromatic amines is 2. The lowest BCUT2D eigenvalue weighted by atomic mass is 10.2. The van der Waals surface area contributed by atoms with Crippen LogP contribution < -0.4 is 32.3 Å². The molecule has 344 valence electrons. The summed E-state index contributed by atoms with van der Waals surface area (Å²) in [5.74, 6) is 0.916. The molecule has 0 radical (unpaired) electrons. The third-order valence-electron chi connectivity index (χ3n) is 7.86. The van der Waals surface area contributed by atoms with Gasteiger partial charge in [-0.15, -0.1) is 0 Å². The van der Waals surface area contributed by atoms with Gasteiger partial charge in [-0.25, -0.2) is 19.6 Å². The van der Waals surface area contributed by atoms with Crippen LogP contribution in [0.3, 0.4) is 0 Å². The van der Waals surface area contributed by atoms with Crippen LogP contribution in [-0.4, -0.2) is 73.6 Å². The van der Waals surface area contributed by atoms with Gasteiger partial charge in [-0.1, -0.05) is 12.1 Å². The maximum absolute atomic E-state index is 12.0. The van der Waals surface area contributed by atoms with Gasteiger partial charge in [0, 0.05) is 46.3 Å². The molecule has 0 saturated heterocycles. The van der Waals surface area contributed by atoms with Crippen molar-refractivity contribution in [3.05, 3.63) is 109 Å². The molecule has 0 aliphatic carbocycles. The lowest BCUT2D eigenvalue weighted by Crippen LogP contribution is -2.27. The molecule has 0 atom stereocenters. The summed E-state index contributed by atoms with van der Waals surface area (Å²) in [7, 11) is 0. The fourth-order valence-corrected chi connectivity index (χ4v) is 5.10. The smallest absolute Gasteiger partial charge is 0.412 e. The first kappa shape index (κ1) is 49.5. The third-order valence-corrected chi connectivity index (χ3v) is 8.04. The first-order valence-corrected chi connectivity index (χ1v) is 19.7. The van der Waals surface area contributed by atoms with Crippen molar-refractivity contribution >= 4 is 87.1 Å². The minimum Gasteiger partial charge on any atom is -0.444 e. The van der Waals surface area contributed by atoms with Gasteiger partial charge in [-0.3, -0.25) is 41.1 Å². The molecule has 24 nitrogen and oxygen atoms in total. The van der Waals surface area contributed by atoms with Gasteiger partial charge < -0.3 is 31.2 Å². The molecular weight excluding hydrogens is 868 g/mol. The molecule has 0 aliphatic heterocycles. The molecule has 65 heavy (non-hydrogen) atoms. The number of carbonyl (C=O) groups is 2. The quantitative estimate of drug-likeness (QED) is 0.0274. The van der Waals surface area contributed by atoms with Crippen molar-refractivity contribution in [2.75, 3.05) is 32.3 Å². The van der Waals surface area contributed by atoms with Crippen LogP contribution in [0, 0.1) is 47.9 Å². The van der Waals surface area contributed by atoms with Crippen LogP contribution in [0.1, 0.15) is 64.1 Å². The highest BCUT2D eigenvalue weighted by atomic mass is 35.5. The van der Waals surface area contributed by atoms with Gasteiger partial charge >= 0.3 is 23.6 Å². The van der Waals surface area contributed by atoms with Crippen LogP contribution >= 0.6 is 11.6 Å². The first-order chi connectivity index (χ1) is 30.3. The second kappa shape index (κ2) is 21.3. The van der Waals surface area contributed by atoms with Crippen LogP contribution in [0.25, 0.3) is 0 Å². The largest absolute Gasteiger partial charge is 0.444 e. The summed E-state index contributed by atoms with van der Waals surface area (Å²) < 4.78 is 10.4. The molecule has 9 N–H and O–H groups in total. The van der Waals surface area contributed by atoms with Crippen molar-refractivity contribution in [1.29, 1.82) is 0 Å². The van der Waals surface area contributed by atoms with E-state index in [1.807, 2.05) is 40.7 Å². The molecule has 0 fully saturated rings. The van der Waals surface area contributed by atoms with E-state index in [1.54, 1.807) is 77.1 Å². The predicted octanol–water partition coefficient (Wildman–Crippen LogP) is 9.30. The Morgan fingerprint density at radius 1 is 0.677 bits per heavy atom. The van der Waals surface area contributed by atoms with Crippen LogP contribution in [0.2, 0.25) is 5.28 Å². The number of ether oxygens (including phenoxy) is 2. The average molecular weight is 917 g/mol. The van der Waals surface area contributed by atoms with Crippen molar-refractivity contribution < 1.29 is 28.9 Å². The first-order valence-electron chi connectivity index (χ1n) is 19.3. The number of benzene rings is 2. The standard InChI is InChI=1S/C20H24N8O4.C12H18N2O2.C8H7ClN6O2/c1-11-6-7-13(22-19(29)32-20(3,4)5)9-14(11)23-18-21-10-15(28(30)31)17(25-18)24-16-8-12(2)26-27-16;1-8-5-6-9(7-10(8)13)14-11(15)16-12(2,3)4;1-4-2-6(14-13-4)11-7-5(15(16)17)3-10-8(9)12-7/h6-10H,1-5H3,(H,22,29)(H3,21,23,24,25,26,27);5-7H,13H2,1-4H3,(H,14,15);2-3H,1H3,(H2,10,11,12,13,14). The second-order valence-electron chi connectivity index (χ2n) is 15.9. The SMILES string of the molecule is Cc1cc(Nc2nc(Cl)ncc2[N+](=O)[O-])n[nH]1.Cc1cc(Nc2nc(Nc3cc(NC(=O)OC(C)(C)C)ccc3C)ncc2[N+](=O)[O-])n[nH]1.Cc1ccc(NC(=O)OC(C)(C)C)cc1N. The average Bonchev–Trinajstić information content (AvgIpc) is 3.79. The number of nitro groups is 2. The summed E-state index contributed by atoms with van der Waals surface area (Å²) in [6, 6.07) is 13.9. The molecule has 2 aromatic carbocycles. The van der Waals surface area contributed by atoms with Crippen LogP contribution in [0.15, 0.2) is 60.9 Å². The van der Waals surface area contributed by atoms with E-state index in [0.717, 1.165) is 34.9 Å². The van der Waals surface area contributed by atoms with E-state index < -0.39 is 33.2 Å². The number of halogens is 1. The number of nitrogens with one attached hydrogen (secondary N) is 7. The number of H-pyrrole nitrogens is 2. The van der Waals surface area contributed by atoms with Gasteiger partial charge in [-0.05, 0) is 116 Å². The number of aryl methyl sites for hydroxylation is 4. The van der Waals surface area contributed by atoms with Gasteiger partial charge in [0.2, 0.25) is 22.9 Å². The lowest BCUT2D eigenvalue weighted by Gasteiger charge is -2.20. The van der Waals surface area contributed by atoms with Gasteiger partial charge in [-0.2, -0.15) is 20.2 Å². The number of hydrogen-bond donors (Lipinski definition) is 8. The van der Waals surface area contributed by atoms with Gasteiger partial charge in [0.15, 0.2) is 11.6 Å². The fraction of sp³-hybridized carbons (Fsp3) is 0.300. The molecule has 0 bridgehead atoms. The van der Waals surface area contributed by atoms with Crippen molar-refractivity contribution in [3.8, 4) is 0 Å². The Morgan fingerprint density at radius 3 is 1.58 bits per heavy atom. The Hall–Kier alpha value is -8.15. The van der Waals surface area contributed by atoms with E-state index in [0.29, 0.717) is 34.4 Å². The summed E-state index contributed by atoms with van der Waals surface area (Å²) >= 11 is 5.58. The Labute approximate surface area is 377 Å². The van der Waals surface area contributed by atoms with E-state index in [1.165, 1.54) is 0 Å². The van der Waals surface area contributed by atoms with Crippen LogP contribution in [-0.2, 0) is 9.47 Å². The predicted molar refractivity (Wildman–Crippen MR) is 245 cm³/mol. The van der Waals surface area contributed by atoms with E-state index in [4.69, 9.17) is 26.8 Å². The maximum Gasteiger partial charge on any atom is 0.412 e. The molecule has 4 heterocycles. The van der Waals surface area contributed by atoms with Gasteiger partial charge in [0.05, 0.1) is 9.85 Å². The van der Waals surface area contributed by atoms with Crippen LogP contribution in [0.4, 0.5) is 72.9 Å². The summed E-state index contributed by atoms with van der Waals surface area (Å²) in [5.41, 5.74) is 9.86. The number of nitrogens with zero attached hydrogens (tertiary/aromatic N) is 8. The van der Waals surface area contributed by atoms with Crippen molar-refractivity contribution in [2.24, 2.45) is 0 Å². The molecule has 0 spiro atoms. The van der Waals surface area contributed by atoms with Crippen molar-refractivity contribution in [3.63, 3.8) is 0 Å². The summed E-state index contributed by atoms with van der Waals surface area (Å²) in [4.78, 5) is 60.0. The van der Waals surface area contributed by atoms with E-state index >= 15 is 0 Å². The highest BCUT2D eigenvalue weighted by Crippen LogP contribution is 2.29. The zero-order chi connectivity index (χ0) is 48.2. The minimum atomic E-state index is -0.626. The third kappa shape index (κ3) is 16.2. The summed E-state index contributed by atoms with van der Waals surface area (Å²) in [6.07, 6.45) is 1.09. The molecule has 2 amide bonds. The minimum absolute atomic E-state index is 0.00139. The normalized spacial score (nSPS) is 10.8. The number of amides is 2. The monoisotopic (exact) mass is 916 g/mol. The van der Waals surface area contributed by atoms with E-state index in [9.17, 15) is 29.8 Å². The van der Waals surface area contributed by atoms with Crippen molar-refractivity contribution in [2.45, 2.75) is 80.4 Å². The lowest BCUT2D eigenvalue weighted by molar-refractivity contribution is -0.384. The number of carbonyl (C=O) groups excluding carboxylic acids is 2. The van der Waals surface area contributed by atoms with Gasteiger partial charge in [0.25, 0.3) is 0 Å². The molecule has 6 aromatic rings. The number of aromatic nitrogens is 8. The Balaban J connectivity index is 0.000000236. The number of rotatable bonds is 10.